The first-order chi connectivity index (χ1) is 14.7. The molecular formula is C25H28N4S. The highest BCUT2D eigenvalue weighted by Crippen LogP contribution is 2.30. The van der Waals surface area contributed by atoms with Gasteiger partial charge in [-0.15, -0.1) is 10.2 Å². The van der Waals surface area contributed by atoms with Crippen molar-refractivity contribution in [2.75, 3.05) is 14.1 Å². The number of aromatic nitrogens is 3. The van der Waals surface area contributed by atoms with Crippen LogP contribution in [0.25, 0.3) is 10.8 Å². The Kier molecular flexibility index (Phi) is 6.50. The van der Waals surface area contributed by atoms with E-state index in [1.807, 2.05) is 0 Å². The third-order valence-electron chi connectivity index (χ3n) is 5.47. The summed E-state index contributed by atoms with van der Waals surface area (Å²) in [6, 6.07) is 25.9. The van der Waals surface area contributed by atoms with Crippen molar-refractivity contribution < 1.29 is 0 Å². The summed E-state index contributed by atoms with van der Waals surface area (Å²) in [6.45, 7) is 2.99. The highest BCUT2D eigenvalue weighted by Gasteiger charge is 2.22. The molecule has 1 aromatic heterocycles. The van der Waals surface area contributed by atoms with E-state index in [0.717, 1.165) is 29.7 Å². The minimum Gasteiger partial charge on any atom is -0.300 e. The summed E-state index contributed by atoms with van der Waals surface area (Å²) in [5.41, 5.74) is 2.59. The van der Waals surface area contributed by atoms with Gasteiger partial charge in [0, 0.05) is 5.75 Å². The minimum atomic E-state index is 0.244. The number of benzene rings is 3. The van der Waals surface area contributed by atoms with Crippen molar-refractivity contribution in [3.8, 4) is 0 Å². The summed E-state index contributed by atoms with van der Waals surface area (Å²) in [5, 5.41) is 12.8. The monoisotopic (exact) mass is 416 g/mol. The predicted molar refractivity (Wildman–Crippen MR) is 126 cm³/mol. The van der Waals surface area contributed by atoms with E-state index < -0.39 is 0 Å². The minimum absolute atomic E-state index is 0.244. The fourth-order valence-electron chi connectivity index (χ4n) is 3.91. The Morgan fingerprint density at radius 2 is 1.63 bits per heavy atom. The molecule has 4 nitrogen and oxygen atoms in total. The maximum absolute atomic E-state index is 4.63. The van der Waals surface area contributed by atoms with Gasteiger partial charge in [-0.3, -0.25) is 4.90 Å². The second-order valence-corrected chi connectivity index (χ2v) is 8.67. The van der Waals surface area contributed by atoms with Gasteiger partial charge in [-0.25, -0.2) is 0 Å². The van der Waals surface area contributed by atoms with E-state index in [1.165, 1.54) is 21.9 Å². The Bertz CT molecular complexity index is 1100. The Labute approximate surface area is 182 Å². The number of hydrogen-bond acceptors (Lipinski definition) is 4. The molecule has 0 saturated heterocycles. The van der Waals surface area contributed by atoms with Crippen LogP contribution in [0.1, 0.15) is 36.3 Å². The lowest BCUT2D eigenvalue weighted by atomic mass is 10.1. The van der Waals surface area contributed by atoms with Crippen LogP contribution in [0, 0.1) is 0 Å². The van der Waals surface area contributed by atoms with Gasteiger partial charge in [0.1, 0.15) is 0 Å². The van der Waals surface area contributed by atoms with Crippen molar-refractivity contribution in [2.24, 2.45) is 0 Å². The molecule has 1 atom stereocenters. The van der Waals surface area contributed by atoms with Crippen LogP contribution in [-0.4, -0.2) is 33.8 Å². The van der Waals surface area contributed by atoms with Crippen molar-refractivity contribution in [3.05, 3.63) is 89.7 Å². The molecule has 3 aromatic carbocycles. The van der Waals surface area contributed by atoms with Crippen LogP contribution in [-0.2, 0) is 12.3 Å². The number of thioether (sulfide) groups is 1. The predicted octanol–water partition coefficient (Wildman–Crippen LogP) is 5.78. The second-order valence-electron chi connectivity index (χ2n) is 7.73. The lowest BCUT2D eigenvalue weighted by molar-refractivity contribution is 0.272. The largest absolute Gasteiger partial charge is 0.300 e. The zero-order valence-corrected chi connectivity index (χ0v) is 18.6. The molecule has 0 aliphatic heterocycles. The number of fused-ring (bicyclic) bond motifs is 1. The van der Waals surface area contributed by atoms with Gasteiger partial charge in [0.25, 0.3) is 0 Å². The van der Waals surface area contributed by atoms with Crippen molar-refractivity contribution in [1.29, 1.82) is 0 Å². The van der Waals surface area contributed by atoms with Crippen LogP contribution in [0.15, 0.2) is 78.0 Å². The van der Waals surface area contributed by atoms with Crippen LogP contribution < -0.4 is 0 Å². The number of nitrogens with zero attached hydrogens (tertiary/aromatic N) is 4. The van der Waals surface area contributed by atoms with Crippen LogP contribution in [0.2, 0.25) is 0 Å². The normalized spacial score (nSPS) is 12.5. The van der Waals surface area contributed by atoms with E-state index in [1.54, 1.807) is 11.8 Å². The lowest BCUT2D eigenvalue weighted by Gasteiger charge is -2.23. The molecular weight excluding hydrogens is 388 g/mol. The van der Waals surface area contributed by atoms with E-state index in [4.69, 9.17) is 0 Å². The summed E-state index contributed by atoms with van der Waals surface area (Å²) in [6.07, 6.45) is 0.994. The maximum Gasteiger partial charge on any atom is 0.191 e. The first kappa shape index (κ1) is 20.6. The van der Waals surface area contributed by atoms with Crippen LogP contribution in [0.3, 0.4) is 0 Å². The maximum atomic E-state index is 4.63. The molecule has 5 heteroatoms. The van der Waals surface area contributed by atoms with Crippen molar-refractivity contribution in [3.63, 3.8) is 0 Å². The van der Waals surface area contributed by atoms with E-state index in [2.05, 4.69) is 113 Å². The number of hydrogen-bond donors (Lipinski definition) is 0. The van der Waals surface area contributed by atoms with Gasteiger partial charge in [0.15, 0.2) is 11.0 Å². The van der Waals surface area contributed by atoms with Gasteiger partial charge >= 0.3 is 0 Å². The average molecular weight is 417 g/mol. The third kappa shape index (κ3) is 4.42. The highest BCUT2D eigenvalue weighted by atomic mass is 32.2. The summed E-state index contributed by atoms with van der Waals surface area (Å²) in [5.74, 6) is 1.90. The second kappa shape index (κ2) is 9.45. The van der Waals surface area contributed by atoms with E-state index in [-0.39, 0.29) is 6.04 Å². The Morgan fingerprint density at radius 3 is 2.40 bits per heavy atom. The zero-order valence-electron chi connectivity index (χ0n) is 17.8. The molecule has 4 rings (SSSR count). The number of rotatable bonds is 8. The Morgan fingerprint density at radius 1 is 0.900 bits per heavy atom. The molecule has 30 heavy (non-hydrogen) atoms. The van der Waals surface area contributed by atoms with Crippen molar-refractivity contribution >= 4 is 22.5 Å². The zero-order chi connectivity index (χ0) is 20.9. The Hall–Kier alpha value is -2.63. The smallest absolute Gasteiger partial charge is 0.191 e. The molecule has 0 N–H and O–H groups in total. The van der Waals surface area contributed by atoms with Gasteiger partial charge in [0.2, 0.25) is 0 Å². The molecule has 0 aliphatic rings. The van der Waals surface area contributed by atoms with Crippen LogP contribution >= 0.6 is 11.8 Å². The molecule has 0 bridgehead atoms. The molecule has 0 amide bonds. The topological polar surface area (TPSA) is 34.0 Å². The first-order valence-electron chi connectivity index (χ1n) is 10.4. The molecule has 1 heterocycles. The molecule has 0 unspecified atom stereocenters. The van der Waals surface area contributed by atoms with E-state index in [0.29, 0.717) is 0 Å². The van der Waals surface area contributed by atoms with Gasteiger partial charge in [0.05, 0.1) is 12.6 Å². The van der Waals surface area contributed by atoms with Gasteiger partial charge < -0.3 is 4.57 Å². The highest BCUT2D eigenvalue weighted by molar-refractivity contribution is 7.98. The summed E-state index contributed by atoms with van der Waals surface area (Å²) >= 11 is 1.77. The summed E-state index contributed by atoms with van der Waals surface area (Å²) in [7, 11) is 4.22. The van der Waals surface area contributed by atoms with E-state index >= 15 is 0 Å². The molecule has 154 valence electrons. The van der Waals surface area contributed by atoms with Crippen molar-refractivity contribution in [2.45, 2.75) is 36.8 Å². The standard InChI is InChI=1S/C25H28N4S/c1-4-23(28(2)3)24-26-27-25(29(24)17-19-11-6-5-7-12-19)30-18-21-15-10-14-20-13-8-9-16-22(20)21/h5-16,23H,4,17-18H2,1-3H3/t23-/m1/s1. The molecule has 0 fully saturated rings. The third-order valence-corrected chi connectivity index (χ3v) is 6.49. The average Bonchev–Trinajstić information content (AvgIpc) is 3.15. The molecule has 0 spiro atoms. The van der Waals surface area contributed by atoms with Gasteiger partial charge in [-0.05, 0) is 42.4 Å². The van der Waals surface area contributed by atoms with Crippen molar-refractivity contribution in [1.82, 2.24) is 19.7 Å². The summed E-state index contributed by atoms with van der Waals surface area (Å²) in [4.78, 5) is 2.23. The van der Waals surface area contributed by atoms with E-state index in [9.17, 15) is 0 Å². The lowest BCUT2D eigenvalue weighted by Crippen LogP contribution is -2.23. The Balaban J connectivity index is 1.66. The fraction of sp³-hybridized carbons (Fsp3) is 0.280. The molecule has 4 aromatic rings. The molecule has 0 radical (unpaired) electrons. The van der Waals surface area contributed by atoms with Crippen LogP contribution in [0.4, 0.5) is 0 Å². The van der Waals surface area contributed by atoms with Gasteiger partial charge in [-0.1, -0.05) is 91.5 Å². The van der Waals surface area contributed by atoms with Gasteiger partial charge in [-0.2, -0.15) is 0 Å². The molecule has 0 saturated carbocycles. The quantitative estimate of drug-likeness (QED) is 0.341. The van der Waals surface area contributed by atoms with Crippen LogP contribution in [0.5, 0.6) is 0 Å². The summed E-state index contributed by atoms with van der Waals surface area (Å²) < 4.78 is 2.29. The molecule has 0 aliphatic carbocycles. The SMILES string of the molecule is CC[C@H](c1nnc(SCc2cccc3ccccc23)n1Cc1ccccc1)N(C)C. The fourth-order valence-corrected chi connectivity index (χ4v) is 4.86. The first-order valence-corrected chi connectivity index (χ1v) is 11.4.